The Hall–Kier alpha value is -1.71. The first-order valence-corrected chi connectivity index (χ1v) is 7.39. The Balaban J connectivity index is 2.83. The summed E-state index contributed by atoms with van der Waals surface area (Å²) in [5, 5.41) is 0. The smallest absolute Gasteiger partial charge is 0.191 e. The summed E-state index contributed by atoms with van der Waals surface area (Å²) in [6, 6.07) is 6.21. The Morgan fingerprint density at radius 2 is 1.95 bits per heavy atom. The summed E-state index contributed by atoms with van der Waals surface area (Å²) in [7, 11) is 0. The molecule has 2 N–H and O–H groups in total. The second kappa shape index (κ2) is 8.46. The Morgan fingerprint density at radius 3 is 2.55 bits per heavy atom. The largest absolute Gasteiger partial charge is 0.493 e. The minimum atomic E-state index is 0.557. The van der Waals surface area contributed by atoms with Gasteiger partial charge < -0.3 is 15.4 Å². The van der Waals surface area contributed by atoms with E-state index in [-0.39, 0.29) is 0 Å². The molecule has 112 valence electrons. The van der Waals surface area contributed by atoms with Crippen molar-refractivity contribution in [3.63, 3.8) is 0 Å². The quantitative estimate of drug-likeness (QED) is 0.616. The summed E-state index contributed by atoms with van der Waals surface area (Å²) in [5.41, 5.74) is 8.28. The number of benzene rings is 1. The highest BCUT2D eigenvalue weighted by Gasteiger charge is 2.06. The molecule has 0 unspecified atom stereocenters. The molecule has 0 bridgehead atoms. The van der Waals surface area contributed by atoms with E-state index in [4.69, 9.17) is 10.5 Å². The molecule has 0 aliphatic carbocycles. The van der Waals surface area contributed by atoms with Gasteiger partial charge in [0, 0.05) is 18.7 Å². The number of aryl methyl sites for hydroxylation is 1. The van der Waals surface area contributed by atoms with Crippen LogP contribution in [-0.4, -0.2) is 30.6 Å². The summed E-state index contributed by atoms with van der Waals surface area (Å²) in [4.78, 5) is 6.52. The standard InChI is InChI=1S/C16H27N3O/c1-5-10-20-15-11-13(4)8-9-14(15)12-18-16(17)19(6-2)7-3/h8-9,11H,5-7,10,12H2,1-4H3,(H2,17,18). The van der Waals surface area contributed by atoms with Gasteiger partial charge in [0.2, 0.25) is 0 Å². The van der Waals surface area contributed by atoms with Crippen LogP contribution in [0.25, 0.3) is 0 Å². The molecular formula is C16H27N3O. The van der Waals surface area contributed by atoms with Gasteiger partial charge in [-0.3, -0.25) is 0 Å². The fourth-order valence-electron chi connectivity index (χ4n) is 1.95. The molecule has 0 saturated heterocycles. The lowest BCUT2D eigenvalue weighted by atomic mass is 10.1. The van der Waals surface area contributed by atoms with E-state index in [9.17, 15) is 0 Å². The molecule has 0 heterocycles. The van der Waals surface area contributed by atoms with E-state index >= 15 is 0 Å². The van der Waals surface area contributed by atoms with Gasteiger partial charge in [0.1, 0.15) is 5.75 Å². The van der Waals surface area contributed by atoms with Crippen molar-refractivity contribution in [2.75, 3.05) is 19.7 Å². The minimum Gasteiger partial charge on any atom is -0.493 e. The molecule has 1 aromatic rings. The van der Waals surface area contributed by atoms with Crippen LogP contribution in [-0.2, 0) is 6.54 Å². The summed E-state index contributed by atoms with van der Waals surface area (Å²) >= 11 is 0. The molecule has 0 aliphatic heterocycles. The Kier molecular flexibility index (Phi) is 6.91. The average molecular weight is 277 g/mol. The van der Waals surface area contributed by atoms with Crippen LogP contribution in [0.2, 0.25) is 0 Å². The molecule has 1 rings (SSSR count). The van der Waals surface area contributed by atoms with Crippen molar-refractivity contribution >= 4 is 5.96 Å². The van der Waals surface area contributed by atoms with Crippen molar-refractivity contribution in [2.24, 2.45) is 10.7 Å². The molecule has 4 heteroatoms. The van der Waals surface area contributed by atoms with Crippen molar-refractivity contribution in [1.29, 1.82) is 0 Å². The van der Waals surface area contributed by atoms with Gasteiger partial charge >= 0.3 is 0 Å². The Labute approximate surface area is 122 Å². The van der Waals surface area contributed by atoms with Crippen LogP contribution in [0.5, 0.6) is 5.75 Å². The number of rotatable bonds is 7. The number of aliphatic imine (C=N–C) groups is 1. The molecule has 0 spiro atoms. The van der Waals surface area contributed by atoms with Crippen LogP contribution in [0.1, 0.15) is 38.3 Å². The predicted octanol–water partition coefficient (Wildman–Crippen LogP) is 2.94. The first-order valence-electron chi connectivity index (χ1n) is 7.39. The van der Waals surface area contributed by atoms with Crippen LogP contribution in [0.15, 0.2) is 23.2 Å². The number of guanidine groups is 1. The predicted molar refractivity (Wildman–Crippen MR) is 85.2 cm³/mol. The van der Waals surface area contributed by atoms with E-state index in [0.717, 1.165) is 37.4 Å². The molecule has 0 aromatic heterocycles. The van der Waals surface area contributed by atoms with Crippen LogP contribution >= 0.6 is 0 Å². The summed E-state index contributed by atoms with van der Waals surface area (Å²) < 4.78 is 5.79. The first-order chi connectivity index (χ1) is 9.62. The van der Waals surface area contributed by atoms with Crippen LogP contribution in [0.3, 0.4) is 0 Å². The Bertz CT molecular complexity index is 439. The molecule has 20 heavy (non-hydrogen) atoms. The van der Waals surface area contributed by atoms with Crippen molar-refractivity contribution in [2.45, 2.75) is 40.7 Å². The molecule has 0 atom stereocenters. The first kappa shape index (κ1) is 16.3. The molecule has 4 nitrogen and oxygen atoms in total. The normalized spacial score (nSPS) is 11.5. The maximum Gasteiger partial charge on any atom is 0.191 e. The van der Waals surface area contributed by atoms with Gasteiger partial charge in [-0.15, -0.1) is 0 Å². The minimum absolute atomic E-state index is 0.557. The fourth-order valence-corrected chi connectivity index (χ4v) is 1.95. The molecule has 1 aromatic carbocycles. The van der Waals surface area contributed by atoms with E-state index in [1.165, 1.54) is 5.56 Å². The lowest BCUT2D eigenvalue weighted by Crippen LogP contribution is -2.37. The fraction of sp³-hybridized carbons (Fsp3) is 0.562. The van der Waals surface area contributed by atoms with Gasteiger partial charge in [0.15, 0.2) is 5.96 Å². The van der Waals surface area contributed by atoms with Gasteiger partial charge in [-0.1, -0.05) is 19.1 Å². The molecular weight excluding hydrogens is 250 g/mol. The highest BCUT2D eigenvalue weighted by atomic mass is 16.5. The monoisotopic (exact) mass is 277 g/mol. The highest BCUT2D eigenvalue weighted by Crippen LogP contribution is 2.21. The third-order valence-electron chi connectivity index (χ3n) is 3.18. The summed E-state index contributed by atoms with van der Waals surface area (Å²) in [6.45, 7) is 11.4. The van der Waals surface area contributed by atoms with E-state index in [0.29, 0.717) is 12.5 Å². The van der Waals surface area contributed by atoms with Crippen LogP contribution < -0.4 is 10.5 Å². The number of nitrogens with zero attached hydrogens (tertiary/aromatic N) is 2. The molecule has 0 fully saturated rings. The zero-order valence-corrected chi connectivity index (χ0v) is 13.1. The van der Waals surface area contributed by atoms with Crippen LogP contribution in [0.4, 0.5) is 0 Å². The van der Waals surface area contributed by atoms with E-state index in [1.54, 1.807) is 0 Å². The lowest BCUT2D eigenvalue weighted by Gasteiger charge is -2.19. The molecule has 0 aliphatic rings. The molecule has 0 amide bonds. The number of hydrogen-bond acceptors (Lipinski definition) is 2. The number of nitrogens with two attached hydrogens (primary N) is 1. The van der Waals surface area contributed by atoms with Crippen molar-refractivity contribution in [3.05, 3.63) is 29.3 Å². The highest BCUT2D eigenvalue weighted by molar-refractivity contribution is 5.78. The SMILES string of the molecule is CCCOc1cc(C)ccc1CN=C(N)N(CC)CC. The molecule has 0 saturated carbocycles. The molecule has 0 radical (unpaired) electrons. The summed E-state index contributed by atoms with van der Waals surface area (Å²) in [5.74, 6) is 1.51. The third kappa shape index (κ3) is 4.76. The maximum absolute atomic E-state index is 6.00. The second-order valence-corrected chi connectivity index (χ2v) is 4.81. The third-order valence-corrected chi connectivity index (χ3v) is 3.18. The van der Waals surface area contributed by atoms with Gasteiger partial charge in [-0.25, -0.2) is 4.99 Å². The zero-order valence-electron chi connectivity index (χ0n) is 13.1. The maximum atomic E-state index is 6.00. The van der Waals surface area contributed by atoms with Gasteiger partial charge in [0.25, 0.3) is 0 Å². The van der Waals surface area contributed by atoms with E-state index in [2.05, 4.69) is 50.9 Å². The van der Waals surface area contributed by atoms with Gasteiger partial charge in [-0.05, 0) is 38.8 Å². The second-order valence-electron chi connectivity index (χ2n) is 4.81. The van der Waals surface area contributed by atoms with E-state index < -0.39 is 0 Å². The van der Waals surface area contributed by atoms with Crippen LogP contribution in [0, 0.1) is 6.92 Å². The van der Waals surface area contributed by atoms with Crippen molar-refractivity contribution < 1.29 is 4.74 Å². The lowest BCUT2D eigenvalue weighted by molar-refractivity contribution is 0.314. The van der Waals surface area contributed by atoms with E-state index in [1.807, 2.05) is 4.90 Å². The van der Waals surface area contributed by atoms with Gasteiger partial charge in [-0.2, -0.15) is 0 Å². The number of ether oxygens (including phenoxy) is 1. The zero-order chi connectivity index (χ0) is 15.0. The topological polar surface area (TPSA) is 50.9 Å². The van der Waals surface area contributed by atoms with Gasteiger partial charge in [0.05, 0.1) is 13.2 Å². The summed E-state index contributed by atoms with van der Waals surface area (Å²) in [6.07, 6.45) is 0.998. The average Bonchev–Trinajstić information content (AvgIpc) is 2.45. The van der Waals surface area contributed by atoms with Crippen molar-refractivity contribution in [1.82, 2.24) is 4.90 Å². The Morgan fingerprint density at radius 1 is 1.25 bits per heavy atom. The van der Waals surface area contributed by atoms with Crippen molar-refractivity contribution in [3.8, 4) is 5.75 Å². The number of hydrogen-bond donors (Lipinski definition) is 1.